The summed E-state index contributed by atoms with van der Waals surface area (Å²) in [5.74, 6) is 1.10. The topological polar surface area (TPSA) is 56.3 Å². The van der Waals surface area contributed by atoms with Gasteiger partial charge in [0.15, 0.2) is 0 Å². The van der Waals surface area contributed by atoms with Crippen LogP contribution in [0.3, 0.4) is 0 Å². The second kappa shape index (κ2) is 7.28. The average Bonchev–Trinajstić information content (AvgIpc) is 2.90. The maximum atomic E-state index is 5.66. The second-order valence-electron chi connectivity index (χ2n) is 4.57. The molecule has 1 unspecified atom stereocenters. The fourth-order valence-electron chi connectivity index (χ4n) is 1.85. The summed E-state index contributed by atoms with van der Waals surface area (Å²) in [5, 5.41) is 3.30. The highest BCUT2D eigenvalue weighted by Gasteiger charge is 2.16. The number of ether oxygens (including phenoxy) is 2. The Morgan fingerprint density at radius 2 is 2.44 bits per heavy atom. The average molecular weight is 251 g/mol. The zero-order valence-corrected chi connectivity index (χ0v) is 10.9. The number of rotatable bonds is 7. The van der Waals surface area contributed by atoms with Crippen molar-refractivity contribution >= 4 is 0 Å². The molecule has 1 atom stereocenters. The molecule has 0 radical (unpaired) electrons. The lowest BCUT2D eigenvalue weighted by molar-refractivity contribution is 0.165. The van der Waals surface area contributed by atoms with Gasteiger partial charge in [-0.1, -0.05) is 6.92 Å². The van der Waals surface area contributed by atoms with E-state index in [1.807, 2.05) is 0 Å². The Labute approximate surface area is 108 Å². The van der Waals surface area contributed by atoms with Gasteiger partial charge in [0.05, 0.1) is 25.1 Å². The Morgan fingerprint density at radius 1 is 1.50 bits per heavy atom. The number of nitrogens with one attached hydrogen (secondary N) is 1. The van der Waals surface area contributed by atoms with Gasteiger partial charge in [-0.15, -0.1) is 0 Å². The predicted molar refractivity (Wildman–Crippen MR) is 68.5 cm³/mol. The third kappa shape index (κ3) is 4.23. The van der Waals surface area contributed by atoms with Crippen LogP contribution in [0.5, 0.6) is 5.88 Å². The van der Waals surface area contributed by atoms with Crippen molar-refractivity contribution in [1.82, 2.24) is 15.3 Å². The van der Waals surface area contributed by atoms with Crippen molar-refractivity contribution < 1.29 is 9.47 Å². The normalized spacial score (nSPS) is 19.1. The van der Waals surface area contributed by atoms with Crippen LogP contribution in [0.1, 0.15) is 25.5 Å². The Morgan fingerprint density at radius 3 is 3.22 bits per heavy atom. The first-order valence-corrected chi connectivity index (χ1v) is 6.60. The first kappa shape index (κ1) is 13.2. The summed E-state index contributed by atoms with van der Waals surface area (Å²) in [7, 11) is 0. The van der Waals surface area contributed by atoms with E-state index in [1.54, 1.807) is 12.4 Å². The summed E-state index contributed by atoms with van der Waals surface area (Å²) in [6.07, 6.45) is 5.63. The first-order valence-electron chi connectivity index (χ1n) is 6.60. The Kier molecular flexibility index (Phi) is 5.36. The zero-order chi connectivity index (χ0) is 12.6. The number of hydrogen-bond acceptors (Lipinski definition) is 5. The summed E-state index contributed by atoms with van der Waals surface area (Å²) in [6, 6.07) is 0. The molecule has 1 aromatic rings. The summed E-state index contributed by atoms with van der Waals surface area (Å²) in [5.41, 5.74) is 0.920. The standard InChI is InChI=1S/C13H21N3O2/c1-2-4-14-6-12-7-15-8-13(16-12)18-10-11-3-5-17-9-11/h7-8,11,14H,2-6,9-10H2,1H3. The van der Waals surface area contributed by atoms with Crippen LogP contribution in [-0.4, -0.2) is 36.3 Å². The van der Waals surface area contributed by atoms with E-state index in [0.29, 0.717) is 18.4 Å². The molecule has 1 aromatic heterocycles. The first-order chi connectivity index (χ1) is 8.88. The molecule has 5 nitrogen and oxygen atoms in total. The molecule has 5 heteroatoms. The van der Waals surface area contributed by atoms with Crippen LogP contribution in [0.4, 0.5) is 0 Å². The lowest BCUT2D eigenvalue weighted by Gasteiger charge is -2.10. The van der Waals surface area contributed by atoms with Gasteiger partial charge in [0.1, 0.15) is 0 Å². The van der Waals surface area contributed by atoms with Crippen molar-refractivity contribution in [3.8, 4) is 5.88 Å². The minimum absolute atomic E-state index is 0.494. The minimum atomic E-state index is 0.494. The molecule has 2 heterocycles. The van der Waals surface area contributed by atoms with Crippen LogP contribution in [0.2, 0.25) is 0 Å². The minimum Gasteiger partial charge on any atom is -0.476 e. The fraction of sp³-hybridized carbons (Fsp3) is 0.692. The van der Waals surface area contributed by atoms with Gasteiger partial charge in [0, 0.05) is 25.3 Å². The molecule has 1 fully saturated rings. The third-order valence-corrected chi connectivity index (χ3v) is 2.89. The van der Waals surface area contributed by atoms with Crippen LogP contribution in [0.25, 0.3) is 0 Å². The molecule has 1 aliphatic rings. The molecule has 0 bridgehead atoms. The highest BCUT2D eigenvalue weighted by molar-refractivity contribution is 5.08. The van der Waals surface area contributed by atoms with Crippen molar-refractivity contribution in [2.75, 3.05) is 26.4 Å². The largest absolute Gasteiger partial charge is 0.476 e. The molecular formula is C13H21N3O2. The number of aromatic nitrogens is 2. The van der Waals surface area contributed by atoms with E-state index < -0.39 is 0 Å². The maximum Gasteiger partial charge on any atom is 0.232 e. The molecule has 18 heavy (non-hydrogen) atoms. The van der Waals surface area contributed by atoms with Gasteiger partial charge >= 0.3 is 0 Å². The SMILES string of the molecule is CCCNCc1cncc(OCC2CCOC2)n1. The number of nitrogens with zero attached hydrogens (tertiary/aromatic N) is 2. The summed E-state index contributed by atoms with van der Waals surface area (Å²) >= 11 is 0. The van der Waals surface area contributed by atoms with Gasteiger partial charge < -0.3 is 14.8 Å². The molecule has 0 aliphatic carbocycles. The van der Waals surface area contributed by atoms with E-state index in [-0.39, 0.29) is 0 Å². The lowest BCUT2D eigenvalue weighted by Crippen LogP contribution is -2.16. The highest BCUT2D eigenvalue weighted by atomic mass is 16.5. The van der Waals surface area contributed by atoms with Gasteiger partial charge in [0.2, 0.25) is 5.88 Å². The molecule has 0 amide bonds. The van der Waals surface area contributed by atoms with Crippen LogP contribution in [-0.2, 0) is 11.3 Å². The lowest BCUT2D eigenvalue weighted by atomic mass is 10.1. The van der Waals surface area contributed by atoms with E-state index in [2.05, 4.69) is 22.2 Å². The monoisotopic (exact) mass is 251 g/mol. The van der Waals surface area contributed by atoms with E-state index >= 15 is 0 Å². The molecule has 0 spiro atoms. The summed E-state index contributed by atoms with van der Waals surface area (Å²) < 4.78 is 11.0. The quantitative estimate of drug-likeness (QED) is 0.742. The Balaban J connectivity index is 1.78. The van der Waals surface area contributed by atoms with E-state index in [1.165, 1.54) is 0 Å². The van der Waals surface area contributed by atoms with Gasteiger partial charge in [-0.25, -0.2) is 4.98 Å². The van der Waals surface area contributed by atoms with E-state index in [0.717, 1.165) is 44.8 Å². The van der Waals surface area contributed by atoms with Crippen molar-refractivity contribution in [2.24, 2.45) is 5.92 Å². The molecular weight excluding hydrogens is 230 g/mol. The maximum absolute atomic E-state index is 5.66. The van der Waals surface area contributed by atoms with Crippen LogP contribution in [0, 0.1) is 5.92 Å². The summed E-state index contributed by atoms with van der Waals surface area (Å²) in [6.45, 7) is 6.19. The smallest absolute Gasteiger partial charge is 0.232 e. The second-order valence-corrected chi connectivity index (χ2v) is 4.57. The molecule has 1 aliphatic heterocycles. The number of hydrogen-bond donors (Lipinski definition) is 1. The predicted octanol–water partition coefficient (Wildman–Crippen LogP) is 1.39. The van der Waals surface area contributed by atoms with Crippen LogP contribution in [0.15, 0.2) is 12.4 Å². The van der Waals surface area contributed by atoms with Crippen molar-refractivity contribution in [2.45, 2.75) is 26.3 Å². The Hall–Kier alpha value is -1.20. The van der Waals surface area contributed by atoms with Crippen molar-refractivity contribution in [1.29, 1.82) is 0 Å². The molecule has 1 N–H and O–H groups in total. The van der Waals surface area contributed by atoms with Gasteiger partial charge in [-0.2, -0.15) is 0 Å². The highest BCUT2D eigenvalue weighted by Crippen LogP contribution is 2.14. The van der Waals surface area contributed by atoms with Crippen LogP contribution >= 0.6 is 0 Å². The van der Waals surface area contributed by atoms with Crippen molar-refractivity contribution in [3.63, 3.8) is 0 Å². The van der Waals surface area contributed by atoms with Crippen molar-refractivity contribution in [3.05, 3.63) is 18.1 Å². The molecule has 0 saturated carbocycles. The zero-order valence-electron chi connectivity index (χ0n) is 10.9. The fourth-order valence-corrected chi connectivity index (χ4v) is 1.85. The molecule has 0 aromatic carbocycles. The van der Waals surface area contributed by atoms with Crippen LogP contribution < -0.4 is 10.1 Å². The van der Waals surface area contributed by atoms with E-state index in [4.69, 9.17) is 9.47 Å². The third-order valence-electron chi connectivity index (χ3n) is 2.89. The van der Waals surface area contributed by atoms with E-state index in [9.17, 15) is 0 Å². The van der Waals surface area contributed by atoms with Gasteiger partial charge in [-0.3, -0.25) is 4.98 Å². The summed E-state index contributed by atoms with van der Waals surface area (Å²) in [4.78, 5) is 8.57. The van der Waals surface area contributed by atoms with Gasteiger partial charge in [-0.05, 0) is 19.4 Å². The molecule has 100 valence electrons. The van der Waals surface area contributed by atoms with Gasteiger partial charge in [0.25, 0.3) is 0 Å². The molecule has 1 saturated heterocycles. The molecule has 2 rings (SSSR count). The Bertz CT molecular complexity index is 354.